The summed E-state index contributed by atoms with van der Waals surface area (Å²) in [7, 11) is 0. The molecule has 5 heteroatoms. The summed E-state index contributed by atoms with van der Waals surface area (Å²) >= 11 is 3.42. The topological polar surface area (TPSA) is 37.8 Å². The van der Waals surface area contributed by atoms with Gasteiger partial charge < -0.3 is 5.32 Å². The molecule has 3 nitrogen and oxygen atoms in total. The molecule has 0 aliphatic heterocycles. The van der Waals surface area contributed by atoms with Crippen LogP contribution in [0.5, 0.6) is 0 Å². The third-order valence-electron chi connectivity index (χ3n) is 2.73. The van der Waals surface area contributed by atoms with Crippen LogP contribution in [-0.2, 0) is 0 Å². The van der Waals surface area contributed by atoms with Gasteiger partial charge in [0.2, 0.25) is 0 Å². The van der Waals surface area contributed by atoms with Crippen molar-refractivity contribution in [1.82, 2.24) is 14.7 Å². The molecule has 2 rings (SSSR count). The van der Waals surface area contributed by atoms with Crippen LogP contribution in [-0.4, -0.2) is 27.2 Å². The van der Waals surface area contributed by atoms with Gasteiger partial charge in [0.05, 0.1) is 0 Å². The third kappa shape index (κ3) is 3.43. The second kappa shape index (κ2) is 5.82. The van der Waals surface area contributed by atoms with Crippen LogP contribution >= 0.6 is 23.3 Å². The lowest BCUT2D eigenvalue weighted by Crippen LogP contribution is -2.34. The molecule has 0 bridgehead atoms. The number of thioether (sulfide) groups is 1. The molecule has 1 saturated carbocycles. The average molecular weight is 243 g/mol. The smallest absolute Gasteiger partial charge is 0.170 e. The SMILES string of the molecule is CCNC1CCCC(Sc2ncns2)C1. The molecule has 1 aliphatic carbocycles. The molecular formula is C10H17N3S2. The fourth-order valence-electron chi connectivity index (χ4n) is 2.08. The van der Waals surface area contributed by atoms with Gasteiger partial charge in [-0.3, -0.25) is 0 Å². The summed E-state index contributed by atoms with van der Waals surface area (Å²) in [5, 5.41) is 4.28. The molecule has 0 aromatic carbocycles. The number of hydrogen-bond donors (Lipinski definition) is 1. The van der Waals surface area contributed by atoms with Gasteiger partial charge in [-0.25, -0.2) is 4.98 Å². The van der Waals surface area contributed by atoms with E-state index in [0.29, 0.717) is 6.04 Å². The second-order valence-corrected chi connectivity index (χ2v) is 6.20. The Hall–Kier alpha value is -0.130. The van der Waals surface area contributed by atoms with E-state index >= 15 is 0 Å². The van der Waals surface area contributed by atoms with Crippen molar-refractivity contribution in [1.29, 1.82) is 0 Å². The molecule has 1 aromatic rings. The molecule has 0 saturated heterocycles. The maximum absolute atomic E-state index is 4.23. The molecule has 0 spiro atoms. The van der Waals surface area contributed by atoms with Gasteiger partial charge in [0.25, 0.3) is 0 Å². The monoisotopic (exact) mass is 243 g/mol. The third-order valence-corrected chi connectivity index (χ3v) is 4.77. The van der Waals surface area contributed by atoms with Gasteiger partial charge in [-0.2, -0.15) is 4.37 Å². The molecule has 2 unspecified atom stereocenters. The van der Waals surface area contributed by atoms with E-state index in [2.05, 4.69) is 21.6 Å². The Labute approximate surface area is 99.2 Å². The first kappa shape index (κ1) is 11.4. The van der Waals surface area contributed by atoms with Crippen LogP contribution in [0.25, 0.3) is 0 Å². The lowest BCUT2D eigenvalue weighted by molar-refractivity contribution is 0.387. The Balaban J connectivity index is 1.82. The highest BCUT2D eigenvalue weighted by atomic mass is 32.2. The molecule has 0 amide bonds. The zero-order valence-electron chi connectivity index (χ0n) is 8.98. The highest BCUT2D eigenvalue weighted by Gasteiger charge is 2.22. The zero-order chi connectivity index (χ0) is 10.5. The van der Waals surface area contributed by atoms with Crippen molar-refractivity contribution >= 4 is 23.3 Å². The first-order chi connectivity index (χ1) is 7.38. The Kier molecular flexibility index (Phi) is 4.41. The highest BCUT2D eigenvalue weighted by molar-refractivity contribution is 8.01. The lowest BCUT2D eigenvalue weighted by atomic mass is 9.95. The first-order valence-electron chi connectivity index (χ1n) is 5.55. The summed E-state index contributed by atoms with van der Waals surface area (Å²) in [6.45, 7) is 3.27. The molecule has 2 atom stereocenters. The minimum absolute atomic E-state index is 0.717. The average Bonchev–Trinajstić information content (AvgIpc) is 2.71. The molecule has 1 aromatic heterocycles. The number of nitrogens with zero attached hydrogens (tertiary/aromatic N) is 2. The van der Waals surface area contributed by atoms with Gasteiger partial charge in [-0.05, 0) is 37.3 Å². The van der Waals surface area contributed by atoms with Gasteiger partial charge in [-0.15, -0.1) is 0 Å². The largest absolute Gasteiger partial charge is 0.314 e. The standard InChI is InChI=1S/C10H17N3S2/c1-2-11-8-4-3-5-9(6-8)14-10-12-7-13-15-10/h7-9,11H,2-6H2,1H3. The lowest BCUT2D eigenvalue weighted by Gasteiger charge is -2.28. The second-order valence-electron chi connectivity index (χ2n) is 3.87. The zero-order valence-corrected chi connectivity index (χ0v) is 10.6. The summed E-state index contributed by atoms with van der Waals surface area (Å²) in [6, 6.07) is 0.717. The van der Waals surface area contributed by atoms with E-state index in [4.69, 9.17) is 0 Å². The van der Waals surface area contributed by atoms with Crippen LogP contribution < -0.4 is 5.32 Å². The Morgan fingerprint density at radius 1 is 1.60 bits per heavy atom. The minimum Gasteiger partial charge on any atom is -0.314 e. The molecule has 84 valence electrons. The van der Waals surface area contributed by atoms with Crippen molar-refractivity contribution in [3.05, 3.63) is 6.33 Å². The van der Waals surface area contributed by atoms with Crippen LogP contribution in [0, 0.1) is 0 Å². The van der Waals surface area contributed by atoms with Gasteiger partial charge in [-0.1, -0.05) is 25.1 Å². The fraction of sp³-hybridized carbons (Fsp3) is 0.800. The molecule has 1 aliphatic rings. The van der Waals surface area contributed by atoms with E-state index in [0.717, 1.165) is 16.1 Å². The van der Waals surface area contributed by atoms with Crippen molar-refractivity contribution < 1.29 is 0 Å². The fourth-order valence-corrected chi connectivity index (χ4v) is 4.08. The maximum atomic E-state index is 4.23. The highest BCUT2D eigenvalue weighted by Crippen LogP contribution is 2.33. The molecular weight excluding hydrogens is 226 g/mol. The molecule has 15 heavy (non-hydrogen) atoms. The summed E-state index contributed by atoms with van der Waals surface area (Å²) < 4.78 is 5.16. The van der Waals surface area contributed by atoms with Gasteiger partial charge >= 0.3 is 0 Å². The van der Waals surface area contributed by atoms with E-state index in [1.807, 2.05) is 11.8 Å². The van der Waals surface area contributed by atoms with Crippen molar-refractivity contribution in [2.24, 2.45) is 0 Å². The number of aromatic nitrogens is 2. The predicted molar refractivity (Wildman–Crippen MR) is 65.5 cm³/mol. The van der Waals surface area contributed by atoms with Gasteiger partial charge in [0, 0.05) is 11.3 Å². The van der Waals surface area contributed by atoms with Crippen LogP contribution in [0.1, 0.15) is 32.6 Å². The Bertz CT molecular complexity index is 274. The number of nitrogens with one attached hydrogen (secondary N) is 1. The predicted octanol–water partition coefficient (Wildman–Crippen LogP) is 2.55. The summed E-state index contributed by atoms with van der Waals surface area (Å²) in [6.07, 6.45) is 6.93. The normalized spacial score (nSPS) is 26.7. The van der Waals surface area contributed by atoms with E-state index in [9.17, 15) is 0 Å². The van der Waals surface area contributed by atoms with Gasteiger partial charge in [0.15, 0.2) is 4.34 Å². The number of hydrogen-bond acceptors (Lipinski definition) is 5. The van der Waals surface area contributed by atoms with Crippen LogP contribution in [0.4, 0.5) is 0 Å². The van der Waals surface area contributed by atoms with Crippen LogP contribution in [0.15, 0.2) is 10.7 Å². The number of rotatable bonds is 4. The van der Waals surface area contributed by atoms with E-state index < -0.39 is 0 Å². The molecule has 1 fully saturated rings. The van der Waals surface area contributed by atoms with Crippen molar-refractivity contribution in [2.45, 2.75) is 48.2 Å². The first-order valence-corrected chi connectivity index (χ1v) is 7.20. The van der Waals surface area contributed by atoms with E-state index in [1.165, 1.54) is 37.2 Å². The molecule has 1 heterocycles. The van der Waals surface area contributed by atoms with E-state index in [-0.39, 0.29) is 0 Å². The van der Waals surface area contributed by atoms with E-state index in [1.54, 1.807) is 6.33 Å². The Morgan fingerprint density at radius 3 is 3.27 bits per heavy atom. The quantitative estimate of drug-likeness (QED) is 0.882. The Morgan fingerprint density at radius 2 is 2.53 bits per heavy atom. The van der Waals surface area contributed by atoms with Crippen molar-refractivity contribution in [3.8, 4) is 0 Å². The minimum atomic E-state index is 0.717. The summed E-state index contributed by atoms with van der Waals surface area (Å²) in [5.74, 6) is 0. The van der Waals surface area contributed by atoms with Gasteiger partial charge in [0.1, 0.15) is 6.33 Å². The maximum Gasteiger partial charge on any atom is 0.170 e. The van der Waals surface area contributed by atoms with Crippen molar-refractivity contribution in [3.63, 3.8) is 0 Å². The van der Waals surface area contributed by atoms with Crippen LogP contribution in [0.2, 0.25) is 0 Å². The summed E-state index contributed by atoms with van der Waals surface area (Å²) in [4.78, 5) is 4.23. The van der Waals surface area contributed by atoms with Crippen molar-refractivity contribution in [2.75, 3.05) is 6.54 Å². The molecule has 0 radical (unpaired) electrons. The summed E-state index contributed by atoms with van der Waals surface area (Å²) in [5.41, 5.74) is 0. The molecule has 1 N–H and O–H groups in total. The van der Waals surface area contributed by atoms with Crippen LogP contribution in [0.3, 0.4) is 0 Å².